The van der Waals surface area contributed by atoms with Crippen LogP contribution < -0.4 is 9.47 Å². The van der Waals surface area contributed by atoms with Crippen molar-refractivity contribution in [3.63, 3.8) is 0 Å². The van der Waals surface area contributed by atoms with Crippen LogP contribution in [0, 0.1) is 17.0 Å². The summed E-state index contributed by atoms with van der Waals surface area (Å²) in [6, 6.07) is 15.5. The minimum atomic E-state index is -0.435. The van der Waals surface area contributed by atoms with E-state index in [1.165, 1.54) is 12.1 Å². The van der Waals surface area contributed by atoms with Crippen LogP contribution in [0.3, 0.4) is 0 Å². The van der Waals surface area contributed by atoms with E-state index in [2.05, 4.69) is 20.9 Å². The van der Waals surface area contributed by atoms with Gasteiger partial charge >= 0.3 is 0 Å². The number of rotatable bonds is 7. The molecule has 0 amide bonds. The number of benzene rings is 3. The van der Waals surface area contributed by atoms with Crippen LogP contribution in [0.1, 0.15) is 16.7 Å². The molecule has 0 heterocycles. The average molecular weight is 490 g/mol. The first-order chi connectivity index (χ1) is 14.4. The smallest absolute Gasteiger partial charge is 0.269 e. The molecule has 3 rings (SSSR count). The van der Waals surface area contributed by atoms with E-state index >= 15 is 0 Å². The first-order valence-corrected chi connectivity index (χ1v) is 10.1. The van der Waals surface area contributed by atoms with Crippen LogP contribution in [0.25, 0.3) is 0 Å². The number of nitro benzene ring substituents is 1. The van der Waals surface area contributed by atoms with Gasteiger partial charge < -0.3 is 9.47 Å². The van der Waals surface area contributed by atoms with Gasteiger partial charge in [0.2, 0.25) is 0 Å². The molecule has 0 aromatic heterocycles. The predicted octanol–water partition coefficient (Wildman–Crippen LogP) is 6.66. The second-order valence-corrected chi connectivity index (χ2v) is 7.70. The van der Waals surface area contributed by atoms with Crippen LogP contribution >= 0.6 is 27.5 Å². The molecule has 0 spiro atoms. The van der Waals surface area contributed by atoms with Gasteiger partial charge in [-0.2, -0.15) is 0 Å². The number of non-ortho nitro benzene ring substituents is 1. The van der Waals surface area contributed by atoms with Crippen molar-refractivity contribution in [3.05, 3.63) is 90.9 Å². The Labute approximate surface area is 187 Å². The van der Waals surface area contributed by atoms with Crippen molar-refractivity contribution < 1.29 is 14.4 Å². The molecule has 154 valence electrons. The van der Waals surface area contributed by atoms with Gasteiger partial charge in [0.25, 0.3) is 5.69 Å². The van der Waals surface area contributed by atoms with E-state index in [4.69, 9.17) is 21.1 Å². The molecule has 0 aliphatic rings. The zero-order chi connectivity index (χ0) is 21.7. The molecule has 0 aliphatic carbocycles. The number of hydrogen-bond donors (Lipinski definition) is 0. The van der Waals surface area contributed by atoms with Gasteiger partial charge in [-0.25, -0.2) is 0 Å². The molecule has 0 saturated heterocycles. The fourth-order valence-electron chi connectivity index (χ4n) is 2.63. The lowest BCUT2D eigenvalue weighted by molar-refractivity contribution is -0.384. The number of ether oxygens (including phenoxy) is 2. The quantitative estimate of drug-likeness (QED) is 0.211. The maximum atomic E-state index is 10.8. The van der Waals surface area contributed by atoms with Gasteiger partial charge in [0.05, 0.1) is 22.2 Å². The Balaban J connectivity index is 1.77. The molecule has 8 heteroatoms. The second kappa shape index (κ2) is 9.73. The third kappa shape index (κ3) is 5.37. The third-order valence-electron chi connectivity index (χ3n) is 4.30. The lowest BCUT2D eigenvalue weighted by Crippen LogP contribution is -2.00. The van der Waals surface area contributed by atoms with Crippen molar-refractivity contribution in [2.24, 2.45) is 4.99 Å². The molecule has 0 fully saturated rings. The number of hydrogen-bond acceptors (Lipinski definition) is 5. The van der Waals surface area contributed by atoms with Gasteiger partial charge in [0, 0.05) is 23.4 Å². The van der Waals surface area contributed by atoms with Gasteiger partial charge in [-0.05, 0) is 75.9 Å². The highest BCUT2D eigenvalue weighted by Crippen LogP contribution is 2.37. The van der Waals surface area contributed by atoms with E-state index in [1.54, 1.807) is 31.5 Å². The highest BCUT2D eigenvalue weighted by atomic mass is 79.9. The van der Waals surface area contributed by atoms with Crippen LogP contribution in [-0.2, 0) is 6.61 Å². The Bertz CT molecular complexity index is 1100. The Morgan fingerprint density at radius 1 is 1.17 bits per heavy atom. The summed E-state index contributed by atoms with van der Waals surface area (Å²) < 4.78 is 12.1. The van der Waals surface area contributed by atoms with E-state index < -0.39 is 4.92 Å². The molecular formula is C22H18BrClN2O4. The van der Waals surface area contributed by atoms with Crippen molar-refractivity contribution in [2.45, 2.75) is 13.5 Å². The normalized spacial score (nSPS) is 10.9. The van der Waals surface area contributed by atoms with Crippen molar-refractivity contribution >= 4 is 45.1 Å². The summed E-state index contributed by atoms with van der Waals surface area (Å²) in [5.41, 5.74) is 3.40. The van der Waals surface area contributed by atoms with Crippen LogP contribution in [0.2, 0.25) is 5.02 Å². The number of aryl methyl sites for hydroxylation is 1. The SMILES string of the molecule is COc1cc(C=Nc2ccc(C)c(Cl)c2)cc(Br)c1OCc1ccc([N+](=O)[O-])cc1. The van der Waals surface area contributed by atoms with Gasteiger partial charge in [-0.3, -0.25) is 15.1 Å². The molecule has 0 aliphatic heterocycles. The first kappa shape index (κ1) is 21.8. The fourth-order valence-corrected chi connectivity index (χ4v) is 3.38. The molecule has 0 unspecified atom stereocenters. The number of methoxy groups -OCH3 is 1. The highest BCUT2D eigenvalue weighted by Gasteiger charge is 2.12. The fraction of sp³-hybridized carbons (Fsp3) is 0.136. The van der Waals surface area contributed by atoms with Gasteiger partial charge in [0.1, 0.15) is 6.61 Å². The molecule has 0 N–H and O–H groups in total. The Hall–Kier alpha value is -2.90. The zero-order valence-electron chi connectivity index (χ0n) is 16.3. The topological polar surface area (TPSA) is 74.0 Å². The first-order valence-electron chi connectivity index (χ1n) is 8.91. The van der Waals surface area contributed by atoms with Crippen LogP contribution in [0.15, 0.2) is 64.1 Å². The summed E-state index contributed by atoms with van der Waals surface area (Å²) in [5.74, 6) is 1.07. The van der Waals surface area contributed by atoms with E-state index in [-0.39, 0.29) is 12.3 Å². The minimum absolute atomic E-state index is 0.0380. The summed E-state index contributed by atoms with van der Waals surface area (Å²) in [6.07, 6.45) is 1.72. The van der Waals surface area contributed by atoms with Crippen molar-refractivity contribution in [2.75, 3.05) is 7.11 Å². The van der Waals surface area contributed by atoms with Gasteiger partial charge in [-0.1, -0.05) is 17.7 Å². The molecule has 30 heavy (non-hydrogen) atoms. The summed E-state index contributed by atoms with van der Waals surface area (Å²) in [7, 11) is 1.56. The second-order valence-electron chi connectivity index (χ2n) is 6.44. The van der Waals surface area contributed by atoms with E-state index in [0.717, 1.165) is 22.4 Å². The van der Waals surface area contributed by atoms with Crippen LogP contribution in [0.4, 0.5) is 11.4 Å². The number of nitrogens with zero attached hydrogens (tertiary/aromatic N) is 2. The largest absolute Gasteiger partial charge is 0.493 e. The predicted molar refractivity (Wildman–Crippen MR) is 122 cm³/mol. The standard InChI is InChI=1S/C22H18BrClN2O4/c1-14-3-6-17(11-20(14)24)25-12-16-9-19(23)22(21(10-16)29-2)30-13-15-4-7-18(8-5-15)26(27)28/h3-12H,13H2,1-2H3. The summed E-state index contributed by atoms with van der Waals surface area (Å²) in [6.45, 7) is 2.18. The third-order valence-corrected chi connectivity index (χ3v) is 5.30. The van der Waals surface area contributed by atoms with Gasteiger partial charge in [0.15, 0.2) is 11.5 Å². The van der Waals surface area contributed by atoms with Crippen molar-refractivity contribution in [3.8, 4) is 11.5 Å². The van der Waals surface area contributed by atoms with E-state index in [1.807, 2.05) is 31.2 Å². The molecule has 0 saturated carbocycles. The molecular weight excluding hydrogens is 472 g/mol. The zero-order valence-corrected chi connectivity index (χ0v) is 18.6. The van der Waals surface area contributed by atoms with Crippen LogP contribution in [0.5, 0.6) is 11.5 Å². The Morgan fingerprint density at radius 2 is 1.90 bits per heavy atom. The molecule has 0 bridgehead atoms. The van der Waals surface area contributed by atoms with Crippen LogP contribution in [-0.4, -0.2) is 18.2 Å². The molecule has 0 radical (unpaired) electrons. The molecule has 0 atom stereocenters. The Morgan fingerprint density at radius 3 is 2.53 bits per heavy atom. The van der Waals surface area contributed by atoms with Crippen molar-refractivity contribution in [1.29, 1.82) is 0 Å². The van der Waals surface area contributed by atoms with Crippen molar-refractivity contribution in [1.82, 2.24) is 0 Å². The molecule has 6 nitrogen and oxygen atoms in total. The molecule has 3 aromatic rings. The number of aliphatic imine (C=N–C) groups is 1. The number of halogens is 2. The lowest BCUT2D eigenvalue weighted by Gasteiger charge is -2.13. The number of nitro groups is 1. The summed E-state index contributed by atoms with van der Waals surface area (Å²) in [4.78, 5) is 14.8. The summed E-state index contributed by atoms with van der Waals surface area (Å²) >= 11 is 9.66. The maximum Gasteiger partial charge on any atom is 0.269 e. The maximum absolute atomic E-state index is 10.8. The minimum Gasteiger partial charge on any atom is -0.493 e. The summed E-state index contributed by atoms with van der Waals surface area (Å²) in [5, 5.41) is 11.4. The lowest BCUT2D eigenvalue weighted by atomic mass is 10.2. The average Bonchev–Trinajstić information content (AvgIpc) is 2.73. The van der Waals surface area contributed by atoms with E-state index in [9.17, 15) is 10.1 Å². The van der Waals surface area contributed by atoms with Gasteiger partial charge in [-0.15, -0.1) is 0 Å². The highest BCUT2D eigenvalue weighted by molar-refractivity contribution is 9.10. The monoisotopic (exact) mass is 488 g/mol. The van der Waals surface area contributed by atoms with E-state index in [0.29, 0.717) is 21.0 Å². The molecule has 3 aromatic carbocycles. The Kier molecular flexibility index (Phi) is 7.07.